The summed E-state index contributed by atoms with van der Waals surface area (Å²) in [4.78, 5) is 25.0. The van der Waals surface area contributed by atoms with E-state index in [1.165, 1.54) is 0 Å². The minimum atomic E-state index is -0.314. The molecule has 1 atom stereocenters. The Morgan fingerprint density at radius 1 is 1.27 bits per heavy atom. The Morgan fingerprint density at radius 2 is 2.12 bits per heavy atom. The Kier molecular flexibility index (Phi) is 4.83. The topological polar surface area (TPSA) is 102 Å². The molecule has 0 spiro atoms. The van der Waals surface area contributed by atoms with E-state index in [0.717, 1.165) is 43.3 Å². The fraction of sp³-hybridized carbons (Fsp3) is 0.478. The Labute approximate surface area is 194 Å². The number of halogens is 1. The summed E-state index contributed by atoms with van der Waals surface area (Å²) in [6.45, 7) is 4.76. The second kappa shape index (κ2) is 7.65. The van der Waals surface area contributed by atoms with Crippen molar-refractivity contribution in [2.45, 2.75) is 50.7 Å². The summed E-state index contributed by atoms with van der Waals surface area (Å²) < 4.78 is 9.03. The number of β-amino-alcohol motifs (C(OH)–C–C–N with tert-alkyl or cyclic N) is 1. The fourth-order valence-electron chi connectivity index (χ4n) is 4.72. The van der Waals surface area contributed by atoms with E-state index in [-0.39, 0.29) is 17.1 Å². The van der Waals surface area contributed by atoms with Crippen molar-refractivity contribution in [1.82, 2.24) is 29.0 Å². The Morgan fingerprint density at radius 3 is 2.91 bits per heavy atom. The number of likely N-dealkylation sites (tertiary alicyclic amines) is 1. The van der Waals surface area contributed by atoms with Gasteiger partial charge in [0.1, 0.15) is 17.5 Å². The molecule has 1 saturated carbocycles. The second-order valence-electron chi connectivity index (χ2n) is 9.48. The third-order valence-corrected chi connectivity index (χ3v) is 7.21. The van der Waals surface area contributed by atoms with Gasteiger partial charge in [0.15, 0.2) is 0 Å². The summed E-state index contributed by atoms with van der Waals surface area (Å²) in [6, 6.07) is 5.51. The zero-order valence-corrected chi connectivity index (χ0v) is 19.1. The van der Waals surface area contributed by atoms with E-state index in [4.69, 9.17) is 16.1 Å². The van der Waals surface area contributed by atoms with Gasteiger partial charge in [-0.3, -0.25) is 14.1 Å². The first-order valence-electron chi connectivity index (χ1n) is 11.4. The number of hydrogen-bond acceptors (Lipinski definition) is 7. The quantitative estimate of drug-likeness (QED) is 0.480. The molecule has 2 fully saturated rings. The summed E-state index contributed by atoms with van der Waals surface area (Å²) in [5, 5.41) is 14.7. The molecular formula is C23H25ClN6O3. The smallest absolute Gasteiger partial charge is 0.277 e. The monoisotopic (exact) mass is 468 g/mol. The van der Waals surface area contributed by atoms with Crippen molar-refractivity contribution in [2.75, 3.05) is 19.6 Å². The van der Waals surface area contributed by atoms with E-state index < -0.39 is 0 Å². The molecule has 1 saturated heterocycles. The Hall–Kier alpha value is -2.75. The fourth-order valence-corrected chi connectivity index (χ4v) is 4.88. The average Bonchev–Trinajstić information content (AvgIpc) is 3.19. The highest BCUT2D eigenvalue weighted by Crippen LogP contribution is 2.47. The normalized spacial score (nSPS) is 20.6. The maximum absolute atomic E-state index is 13.8. The van der Waals surface area contributed by atoms with Crippen LogP contribution < -0.4 is 5.56 Å². The molecule has 4 heterocycles. The van der Waals surface area contributed by atoms with Crippen molar-refractivity contribution in [1.29, 1.82) is 0 Å². The van der Waals surface area contributed by atoms with E-state index in [1.807, 2.05) is 12.1 Å². The van der Waals surface area contributed by atoms with Crippen LogP contribution in [0.25, 0.3) is 28.1 Å². The molecule has 33 heavy (non-hydrogen) atoms. The molecule has 3 aromatic heterocycles. The maximum Gasteiger partial charge on any atom is 0.277 e. The number of piperidine rings is 1. The first-order valence-corrected chi connectivity index (χ1v) is 11.7. The van der Waals surface area contributed by atoms with Crippen molar-refractivity contribution >= 4 is 28.2 Å². The van der Waals surface area contributed by atoms with E-state index >= 15 is 0 Å². The van der Waals surface area contributed by atoms with Gasteiger partial charge in [-0.15, -0.1) is 0 Å². The molecule has 0 amide bonds. The van der Waals surface area contributed by atoms with Gasteiger partial charge in [-0.25, -0.2) is 4.98 Å². The molecule has 6 rings (SSSR count). The van der Waals surface area contributed by atoms with Gasteiger partial charge in [0.05, 0.1) is 17.1 Å². The number of aliphatic hydroxyl groups is 1. The van der Waals surface area contributed by atoms with E-state index in [1.54, 1.807) is 21.4 Å². The third-order valence-electron chi connectivity index (χ3n) is 6.98. The molecule has 9 nitrogen and oxygen atoms in total. The third kappa shape index (κ3) is 3.55. The van der Waals surface area contributed by atoms with Gasteiger partial charge in [-0.2, -0.15) is 4.98 Å². The van der Waals surface area contributed by atoms with Crippen LogP contribution >= 0.6 is 11.6 Å². The van der Waals surface area contributed by atoms with Crippen molar-refractivity contribution in [3.05, 3.63) is 45.8 Å². The van der Waals surface area contributed by atoms with Crippen LogP contribution in [0.15, 0.2) is 33.8 Å². The van der Waals surface area contributed by atoms with Crippen LogP contribution in [0.2, 0.25) is 5.02 Å². The molecule has 4 aromatic rings. The zero-order chi connectivity index (χ0) is 22.7. The summed E-state index contributed by atoms with van der Waals surface area (Å²) in [5.41, 5.74) is 2.14. The lowest BCUT2D eigenvalue weighted by Gasteiger charge is -2.30. The maximum atomic E-state index is 13.8. The lowest BCUT2D eigenvalue weighted by atomic mass is 10.1. The van der Waals surface area contributed by atoms with E-state index in [0.29, 0.717) is 47.6 Å². The zero-order valence-electron chi connectivity index (χ0n) is 18.4. The van der Waals surface area contributed by atoms with Crippen LogP contribution in [-0.4, -0.2) is 59.8 Å². The first-order chi connectivity index (χ1) is 15.9. The number of aromatic nitrogens is 5. The molecular weight excluding hydrogens is 444 g/mol. The van der Waals surface area contributed by atoms with Crippen molar-refractivity contribution in [3.8, 4) is 11.5 Å². The van der Waals surface area contributed by atoms with Gasteiger partial charge in [0.2, 0.25) is 11.7 Å². The Balaban J connectivity index is 1.47. The summed E-state index contributed by atoms with van der Waals surface area (Å²) >= 11 is 6.30. The van der Waals surface area contributed by atoms with Gasteiger partial charge in [0.25, 0.3) is 5.56 Å². The summed E-state index contributed by atoms with van der Waals surface area (Å²) in [7, 11) is 0. The summed E-state index contributed by atoms with van der Waals surface area (Å²) in [5.74, 6) is 0.923. The SMILES string of the molecule is CC1(c2nc(-c3ncn4c3c(=O)n(CCN3CCCC(O)C3)c3cc(Cl)ccc34)no2)CC1. The molecule has 1 aromatic carbocycles. The highest BCUT2D eigenvalue weighted by molar-refractivity contribution is 6.31. The number of rotatable bonds is 5. The minimum absolute atomic E-state index is 0.0660. The molecule has 0 radical (unpaired) electrons. The number of hydrogen-bond donors (Lipinski definition) is 1. The van der Waals surface area contributed by atoms with Crippen LogP contribution in [0.5, 0.6) is 0 Å². The number of imidazole rings is 1. The van der Waals surface area contributed by atoms with Crippen LogP contribution in [0.3, 0.4) is 0 Å². The number of fused-ring (bicyclic) bond motifs is 3. The highest BCUT2D eigenvalue weighted by Gasteiger charge is 2.44. The largest absolute Gasteiger partial charge is 0.392 e. The summed E-state index contributed by atoms with van der Waals surface area (Å²) in [6.07, 6.45) is 5.12. The number of benzene rings is 1. The van der Waals surface area contributed by atoms with Crippen LogP contribution in [-0.2, 0) is 12.0 Å². The molecule has 1 aliphatic heterocycles. The van der Waals surface area contributed by atoms with Gasteiger partial charge in [-0.1, -0.05) is 23.7 Å². The van der Waals surface area contributed by atoms with Gasteiger partial charge >= 0.3 is 0 Å². The first kappa shape index (κ1) is 20.8. The number of aliphatic hydroxyl groups excluding tert-OH is 1. The molecule has 1 unspecified atom stereocenters. The van der Waals surface area contributed by atoms with Crippen molar-refractivity contribution in [2.24, 2.45) is 0 Å². The average molecular weight is 469 g/mol. The molecule has 172 valence electrons. The lowest BCUT2D eigenvalue weighted by Crippen LogP contribution is -2.40. The molecule has 10 heteroatoms. The van der Waals surface area contributed by atoms with Crippen molar-refractivity contribution < 1.29 is 9.63 Å². The van der Waals surface area contributed by atoms with Crippen LogP contribution in [0.4, 0.5) is 0 Å². The van der Waals surface area contributed by atoms with Crippen molar-refractivity contribution in [3.63, 3.8) is 0 Å². The highest BCUT2D eigenvalue weighted by atomic mass is 35.5. The molecule has 2 aliphatic rings. The van der Waals surface area contributed by atoms with Gasteiger partial charge in [-0.05, 0) is 50.4 Å². The lowest BCUT2D eigenvalue weighted by molar-refractivity contribution is 0.0690. The van der Waals surface area contributed by atoms with E-state index in [2.05, 4.69) is 26.9 Å². The molecule has 1 N–H and O–H groups in total. The van der Waals surface area contributed by atoms with Gasteiger partial charge < -0.3 is 14.2 Å². The van der Waals surface area contributed by atoms with Gasteiger partial charge in [0, 0.05) is 30.1 Å². The minimum Gasteiger partial charge on any atom is -0.392 e. The molecule has 1 aliphatic carbocycles. The second-order valence-corrected chi connectivity index (χ2v) is 9.92. The Bertz CT molecular complexity index is 1420. The van der Waals surface area contributed by atoms with Crippen LogP contribution in [0, 0.1) is 0 Å². The van der Waals surface area contributed by atoms with E-state index in [9.17, 15) is 9.90 Å². The standard InChI is InChI=1S/C23H25ClN6O3/c1-23(6-7-23)22-26-20(27-33-22)18-19-21(32)29(10-9-28-8-2-3-15(31)12-28)17-11-14(24)4-5-16(17)30(19)13-25-18/h4-5,11,13,15,31H,2-3,6-10,12H2,1H3. The number of nitrogens with zero attached hydrogens (tertiary/aromatic N) is 6. The molecule has 0 bridgehead atoms. The predicted molar refractivity (Wildman–Crippen MR) is 124 cm³/mol. The predicted octanol–water partition coefficient (Wildman–Crippen LogP) is 2.86. The van der Waals surface area contributed by atoms with Crippen LogP contribution in [0.1, 0.15) is 38.5 Å².